The van der Waals surface area contributed by atoms with Gasteiger partial charge in [-0.25, -0.2) is 0 Å². The molecule has 0 atom stereocenters. The number of aryl methyl sites for hydroxylation is 2. The van der Waals surface area contributed by atoms with Crippen LogP contribution in [-0.2, 0) is 10.5 Å². The molecular formula is C15H19N7OS2. The molecule has 3 aromatic rings. The number of methoxy groups -OCH3 is 1. The van der Waals surface area contributed by atoms with Gasteiger partial charge in [0.15, 0.2) is 10.2 Å². The third kappa shape index (κ3) is 4.33. The summed E-state index contributed by atoms with van der Waals surface area (Å²) >= 11 is 3.08. The monoisotopic (exact) mass is 377 g/mol. The Morgan fingerprint density at radius 1 is 1.20 bits per heavy atom. The number of hydrogen-bond acceptors (Lipinski definition) is 9. The van der Waals surface area contributed by atoms with E-state index in [9.17, 15) is 0 Å². The summed E-state index contributed by atoms with van der Waals surface area (Å²) < 4.78 is 7.68. The molecule has 10 heteroatoms. The molecule has 0 aliphatic heterocycles. The fourth-order valence-electron chi connectivity index (χ4n) is 2.33. The molecule has 0 fully saturated rings. The maximum Gasteiger partial charge on any atom is 0.206 e. The summed E-state index contributed by atoms with van der Waals surface area (Å²) in [5.74, 6) is 1.40. The van der Waals surface area contributed by atoms with Crippen molar-refractivity contribution in [1.29, 1.82) is 0 Å². The second-order valence-electron chi connectivity index (χ2n) is 5.33. The van der Waals surface area contributed by atoms with Gasteiger partial charge in [0.1, 0.15) is 0 Å². The second kappa shape index (κ2) is 8.37. The van der Waals surface area contributed by atoms with E-state index in [0.717, 1.165) is 32.1 Å². The van der Waals surface area contributed by atoms with Gasteiger partial charge in [0, 0.05) is 13.7 Å². The van der Waals surface area contributed by atoms with E-state index < -0.39 is 0 Å². The summed E-state index contributed by atoms with van der Waals surface area (Å²) in [6.07, 6.45) is 0. The fraction of sp³-hybridized carbons (Fsp3) is 0.400. The van der Waals surface area contributed by atoms with Crippen LogP contribution in [0.15, 0.2) is 22.5 Å². The molecule has 0 saturated carbocycles. The van der Waals surface area contributed by atoms with Crippen LogP contribution < -0.4 is 5.32 Å². The lowest BCUT2D eigenvalue weighted by Gasteiger charge is -2.10. The average Bonchev–Trinajstić information content (AvgIpc) is 3.23. The molecule has 0 radical (unpaired) electrons. The highest BCUT2D eigenvalue weighted by atomic mass is 32.2. The smallest absolute Gasteiger partial charge is 0.206 e. The summed E-state index contributed by atoms with van der Waals surface area (Å²) in [5.41, 5.74) is 3.31. The standard InChI is InChI=1S/C15H19N7OS2/c1-10-5-4-6-11(2)13(10)22-12(17-20-21-22)9-24-15-19-18-14(25-15)16-7-8-23-3/h4-6H,7-9H2,1-3H3,(H,16,18). The summed E-state index contributed by atoms with van der Waals surface area (Å²) in [6, 6.07) is 6.15. The fourth-order valence-corrected chi connectivity index (χ4v) is 4.02. The van der Waals surface area contributed by atoms with Crippen molar-refractivity contribution in [3.05, 3.63) is 35.2 Å². The molecule has 0 aliphatic rings. The molecule has 0 saturated heterocycles. The van der Waals surface area contributed by atoms with Crippen molar-refractivity contribution in [1.82, 2.24) is 30.4 Å². The van der Waals surface area contributed by atoms with Gasteiger partial charge in [-0.1, -0.05) is 41.3 Å². The molecule has 0 unspecified atom stereocenters. The number of anilines is 1. The van der Waals surface area contributed by atoms with Gasteiger partial charge in [-0.3, -0.25) is 0 Å². The van der Waals surface area contributed by atoms with E-state index in [1.807, 2.05) is 6.07 Å². The molecular weight excluding hydrogens is 358 g/mol. The molecule has 0 amide bonds. The molecule has 1 aromatic carbocycles. The second-order valence-corrected chi connectivity index (χ2v) is 7.53. The topological polar surface area (TPSA) is 90.6 Å². The summed E-state index contributed by atoms with van der Waals surface area (Å²) in [7, 11) is 1.67. The van der Waals surface area contributed by atoms with Crippen LogP contribution in [0.5, 0.6) is 0 Å². The number of benzene rings is 1. The number of nitrogens with zero attached hydrogens (tertiary/aromatic N) is 6. The van der Waals surface area contributed by atoms with E-state index >= 15 is 0 Å². The predicted octanol–water partition coefficient (Wildman–Crippen LogP) is 2.48. The van der Waals surface area contributed by atoms with Crippen LogP contribution in [0.3, 0.4) is 0 Å². The lowest BCUT2D eigenvalue weighted by atomic mass is 10.1. The summed E-state index contributed by atoms with van der Waals surface area (Å²) in [4.78, 5) is 0. The molecule has 132 valence electrons. The Kier molecular flexibility index (Phi) is 5.95. The third-order valence-electron chi connectivity index (χ3n) is 3.50. The highest BCUT2D eigenvalue weighted by Gasteiger charge is 2.14. The zero-order chi connectivity index (χ0) is 17.6. The minimum Gasteiger partial charge on any atom is -0.383 e. The van der Waals surface area contributed by atoms with Crippen LogP contribution in [0.25, 0.3) is 5.69 Å². The van der Waals surface area contributed by atoms with Crippen molar-refractivity contribution >= 4 is 28.2 Å². The van der Waals surface area contributed by atoms with Gasteiger partial charge in [0.25, 0.3) is 0 Å². The van der Waals surface area contributed by atoms with Crippen molar-refractivity contribution in [2.75, 3.05) is 25.6 Å². The molecule has 8 nitrogen and oxygen atoms in total. The average molecular weight is 377 g/mol. The van der Waals surface area contributed by atoms with Crippen LogP contribution in [0.1, 0.15) is 17.0 Å². The number of para-hydroxylation sites is 1. The number of nitrogens with one attached hydrogen (secondary N) is 1. The number of aromatic nitrogens is 6. The molecule has 3 rings (SSSR count). The zero-order valence-electron chi connectivity index (χ0n) is 14.3. The highest BCUT2D eigenvalue weighted by Crippen LogP contribution is 2.28. The molecule has 25 heavy (non-hydrogen) atoms. The Labute approximate surface area is 154 Å². The van der Waals surface area contributed by atoms with Crippen molar-refractivity contribution in [3.63, 3.8) is 0 Å². The Morgan fingerprint density at radius 3 is 2.76 bits per heavy atom. The summed E-state index contributed by atoms with van der Waals surface area (Å²) in [6.45, 7) is 5.46. The zero-order valence-corrected chi connectivity index (χ0v) is 15.9. The molecule has 2 aromatic heterocycles. The van der Waals surface area contributed by atoms with Gasteiger partial charge >= 0.3 is 0 Å². The lowest BCUT2D eigenvalue weighted by Crippen LogP contribution is -2.06. The van der Waals surface area contributed by atoms with Gasteiger partial charge in [-0.05, 0) is 35.4 Å². The van der Waals surface area contributed by atoms with E-state index in [1.165, 1.54) is 11.3 Å². The minimum atomic E-state index is 0.619. The Bertz CT molecular complexity index is 813. The van der Waals surface area contributed by atoms with Crippen LogP contribution in [0.2, 0.25) is 0 Å². The number of ether oxygens (including phenoxy) is 1. The molecule has 0 bridgehead atoms. The Balaban J connectivity index is 1.68. The highest BCUT2D eigenvalue weighted by molar-refractivity contribution is 8.00. The normalized spacial score (nSPS) is 11.0. The number of rotatable bonds is 8. The van der Waals surface area contributed by atoms with E-state index in [0.29, 0.717) is 18.9 Å². The van der Waals surface area contributed by atoms with E-state index in [1.54, 1.807) is 23.6 Å². The largest absolute Gasteiger partial charge is 0.383 e. The van der Waals surface area contributed by atoms with Gasteiger partial charge in [0.2, 0.25) is 5.13 Å². The first kappa shape index (κ1) is 17.8. The number of tetrazole rings is 1. The van der Waals surface area contributed by atoms with E-state index in [-0.39, 0.29) is 0 Å². The van der Waals surface area contributed by atoms with Gasteiger partial charge in [0.05, 0.1) is 18.0 Å². The van der Waals surface area contributed by atoms with Crippen molar-refractivity contribution in [3.8, 4) is 5.69 Å². The lowest BCUT2D eigenvalue weighted by molar-refractivity contribution is 0.211. The van der Waals surface area contributed by atoms with Gasteiger partial charge in [-0.15, -0.1) is 15.3 Å². The molecule has 1 N–H and O–H groups in total. The molecule has 0 aliphatic carbocycles. The maximum absolute atomic E-state index is 5.01. The van der Waals surface area contributed by atoms with Crippen LogP contribution in [0.4, 0.5) is 5.13 Å². The first-order valence-corrected chi connectivity index (χ1v) is 9.52. The Morgan fingerprint density at radius 2 is 2.00 bits per heavy atom. The van der Waals surface area contributed by atoms with Crippen molar-refractivity contribution < 1.29 is 4.74 Å². The van der Waals surface area contributed by atoms with Crippen LogP contribution in [-0.4, -0.2) is 50.7 Å². The van der Waals surface area contributed by atoms with Crippen LogP contribution >= 0.6 is 23.1 Å². The maximum atomic E-state index is 5.01. The number of hydrogen-bond donors (Lipinski definition) is 1. The minimum absolute atomic E-state index is 0.619. The predicted molar refractivity (Wildman–Crippen MR) is 98.5 cm³/mol. The van der Waals surface area contributed by atoms with Crippen molar-refractivity contribution in [2.45, 2.75) is 23.9 Å². The first-order chi connectivity index (χ1) is 12.2. The quantitative estimate of drug-likeness (QED) is 0.473. The van der Waals surface area contributed by atoms with Crippen molar-refractivity contribution in [2.24, 2.45) is 0 Å². The molecule has 0 spiro atoms. The third-order valence-corrected chi connectivity index (χ3v) is 5.51. The van der Waals surface area contributed by atoms with Gasteiger partial charge in [-0.2, -0.15) is 4.68 Å². The SMILES string of the molecule is COCCNc1nnc(SCc2nnnn2-c2c(C)cccc2C)s1. The van der Waals surface area contributed by atoms with E-state index in [2.05, 4.69) is 57.0 Å². The number of thioether (sulfide) groups is 1. The van der Waals surface area contributed by atoms with E-state index in [4.69, 9.17) is 4.74 Å². The Hall–Kier alpha value is -2.04. The molecule has 2 heterocycles. The summed E-state index contributed by atoms with van der Waals surface area (Å²) in [5, 5.41) is 24.4. The first-order valence-electron chi connectivity index (χ1n) is 7.72. The van der Waals surface area contributed by atoms with Crippen LogP contribution in [0, 0.1) is 13.8 Å². The van der Waals surface area contributed by atoms with Gasteiger partial charge < -0.3 is 10.1 Å².